The Morgan fingerprint density at radius 2 is 1.07 bits per heavy atom. The minimum Gasteiger partial charge on any atom is -0.649 e. The van der Waals surface area contributed by atoms with Gasteiger partial charge in [-0.2, -0.15) is 0 Å². The maximum absolute atomic E-state index is 5.19. The van der Waals surface area contributed by atoms with Crippen molar-refractivity contribution in [1.82, 2.24) is 15.0 Å². The SMILES string of the molecule is Cc1cc(-c2ccccc2)c2ccc3c(-c4ccccc4)cc(C)nc3c2n1.[AlH][O]c1cccc2cccnc12.[B]C. The summed E-state index contributed by atoms with van der Waals surface area (Å²) in [6.45, 7) is 5.61. The van der Waals surface area contributed by atoms with E-state index in [1.54, 1.807) is 6.20 Å². The zero-order chi connectivity index (χ0) is 29.5. The normalized spacial score (nSPS) is 10.5. The summed E-state index contributed by atoms with van der Waals surface area (Å²) in [5.41, 5.74) is 9.68. The van der Waals surface area contributed by atoms with E-state index in [-0.39, 0.29) is 0 Å². The first-order valence-corrected chi connectivity index (χ1v) is 14.4. The van der Waals surface area contributed by atoms with Crippen LogP contribution in [0.3, 0.4) is 0 Å². The van der Waals surface area contributed by atoms with Crippen LogP contribution in [0.2, 0.25) is 6.82 Å². The lowest BCUT2D eigenvalue weighted by Crippen LogP contribution is -1.94. The molecule has 0 aliphatic carbocycles. The van der Waals surface area contributed by atoms with Gasteiger partial charge < -0.3 is 3.79 Å². The zero-order valence-electron chi connectivity index (χ0n) is 24.1. The van der Waals surface area contributed by atoms with Crippen molar-refractivity contribution in [2.24, 2.45) is 0 Å². The van der Waals surface area contributed by atoms with Crippen LogP contribution in [-0.4, -0.2) is 39.4 Å². The molecular formula is C36H30AlBN3O. The molecule has 7 rings (SSSR count). The average molecular weight is 558 g/mol. The van der Waals surface area contributed by atoms with Crippen LogP contribution in [0.15, 0.2) is 121 Å². The van der Waals surface area contributed by atoms with Crippen molar-refractivity contribution in [3.63, 3.8) is 0 Å². The molecule has 0 spiro atoms. The molecule has 0 atom stereocenters. The summed E-state index contributed by atoms with van der Waals surface area (Å²) in [5, 5.41) is 3.39. The van der Waals surface area contributed by atoms with E-state index in [1.807, 2.05) is 42.5 Å². The topological polar surface area (TPSA) is 47.9 Å². The Bertz CT molecular complexity index is 1860. The number of fused-ring (bicyclic) bond motifs is 4. The van der Waals surface area contributed by atoms with Crippen molar-refractivity contribution in [3.8, 4) is 28.0 Å². The van der Waals surface area contributed by atoms with Crippen molar-refractivity contribution >= 4 is 57.2 Å². The Morgan fingerprint density at radius 1 is 0.571 bits per heavy atom. The Morgan fingerprint density at radius 3 is 1.57 bits per heavy atom. The van der Waals surface area contributed by atoms with E-state index in [0.29, 0.717) is 0 Å². The Hall–Kier alpha value is -4.49. The van der Waals surface area contributed by atoms with E-state index in [2.05, 4.69) is 99.5 Å². The molecule has 4 nitrogen and oxygen atoms in total. The predicted molar refractivity (Wildman–Crippen MR) is 179 cm³/mol. The van der Waals surface area contributed by atoms with Crippen molar-refractivity contribution in [2.45, 2.75) is 20.7 Å². The van der Waals surface area contributed by atoms with Crippen LogP contribution >= 0.6 is 0 Å². The zero-order valence-corrected chi connectivity index (χ0v) is 25.5. The van der Waals surface area contributed by atoms with Gasteiger partial charge in [0.15, 0.2) is 0 Å². The Kier molecular flexibility index (Phi) is 9.29. The number of pyridine rings is 3. The molecule has 4 aromatic carbocycles. The fourth-order valence-electron chi connectivity index (χ4n) is 5.14. The number of benzene rings is 4. The van der Waals surface area contributed by atoms with Crippen LogP contribution in [0.4, 0.5) is 0 Å². The highest BCUT2D eigenvalue weighted by molar-refractivity contribution is 6.12. The maximum Gasteiger partial charge on any atom is 0.494 e. The monoisotopic (exact) mass is 558 g/mol. The molecule has 3 radical (unpaired) electrons. The van der Waals surface area contributed by atoms with E-state index in [9.17, 15) is 0 Å². The number of aromatic nitrogens is 3. The molecule has 0 saturated heterocycles. The van der Waals surface area contributed by atoms with Crippen molar-refractivity contribution in [1.29, 1.82) is 0 Å². The molecule has 0 bridgehead atoms. The number of para-hydroxylation sites is 1. The first-order valence-electron chi connectivity index (χ1n) is 13.8. The molecule has 0 fully saturated rings. The third kappa shape index (κ3) is 6.06. The van der Waals surface area contributed by atoms with Gasteiger partial charge in [0.05, 0.1) is 18.9 Å². The van der Waals surface area contributed by atoms with Gasteiger partial charge >= 0.3 is 16.6 Å². The molecule has 7 aromatic rings. The summed E-state index contributed by atoms with van der Waals surface area (Å²) in [6.07, 6.45) is 1.77. The van der Waals surface area contributed by atoms with Gasteiger partial charge in [-0.15, -0.1) is 0 Å². The summed E-state index contributed by atoms with van der Waals surface area (Å²) in [6, 6.07) is 39.6. The minimum atomic E-state index is 0.839. The van der Waals surface area contributed by atoms with Gasteiger partial charge in [0, 0.05) is 33.7 Å². The number of rotatable bonds is 3. The second-order valence-electron chi connectivity index (χ2n) is 9.69. The summed E-state index contributed by atoms with van der Waals surface area (Å²) in [7, 11) is 4.50. The van der Waals surface area contributed by atoms with Crippen LogP contribution in [-0.2, 0) is 0 Å². The van der Waals surface area contributed by atoms with Gasteiger partial charge in [0.1, 0.15) is 11.3 Å². The van der Waals surface area contributed by atoms with Crippen LogP contribution in [0, 0.1) is 13.8 Å². The number of hydrogen-bond donors (Lipinski definition) is 0. The van der Waals surface area contributed by atoms with Crippen LogP contribution in [0.1, 0.15) is 11.4 Å². The first-order chi connectivity index (χ1) is 20.6. The largest absolute Gasteiger partial charge is 0.649 e. The second-order valence-corrected chi connectivity index (χ2v) is 9.98. The third-order valence-electron chi connectivity index (χ3n) is 6.94. The van der Waals surface area contributed by atoms with Crippen molar-refractivity contribution < 1.29 is 3.79 Å². The van der Waals surface area contributed by atoms with Gasteiger partial charge in [0.2, 0.25) is 0 Å². The van der Waals surface area contributed by atoms with Gasteiger partial charge in [-0.1, -0.05) is 97.8 Å². The average Bonchev–Trinajstić information content (AvgIpc) is 3.05. The minimum absolute atomic E-state index is 0.839. The summed E-state index contributed by atoms with van der Waals surface area (Å²) in [4.78, 5) is 14.0. The van der Waals surface area contributed by atoms with Crippen molar-refractivity contribution in [2.75, 3.05) is 0 Å². The highest BCUT2D eigenvalue weighted by atomic mass is 27.1. The van der Waals surface area contributed by atoms with Crippen LogP contribution in [0.5, 0.6) is 5.75 Å². The Labute approximate surface area is 256 Å². The number of hydrogen-bond acceptors (Lipinski definition) is 4. The standard InChI is InChI=1S/C26H20N2.C9H7NO.CH3B.Al.H/c1-17-15-23(19-9-5-3-6-10-19)21-13-14-22-24(20-11-7-4-8-12-20)16-18(2)28-26(22)25(21)27-17;11-8-5-1-3-7-4-2-6-10-9(7)8;1-2;;/h3-16H,1-2H3;1-6,11H;1H3;;/q;;;+1;/p-1. The van der Waals surface area contributed by atoms with Gasteiger partial charge in [-0.3, -0.25) is 15.0 Å². The summed E-state index contributed by atoms with van der Waals surface area (Å²) < 4.78 is 5.19. The third-order valence-corrected chi connectivity index (χ3v) is 7.25. The molecule has 0 saturated carbocycles. The smallest absolute Gasteiger partial charge is 0.494 e. The molecule has 0 unspecified atom stereocenters. The van der Waals surface area contributed by atoms with Crippen LogP contribution in [0.25, 0.3) is 55.0 Å². The first kappa shape index (κ1) is 29.0. The lowest BCUT2D eigenvalue weighted by atomic mass is 9.95. The number of aryl methyl sites for hydroxylation is 2. The molecule has 201 valence electrons. The molecule has 0 N–H and O–H groups in total. The quantitative estimate of drug-likeness (QED) is 0.162. The van der Waals surface area contributed by atoms with Gasteiger partial charge in [0.25, 0.3) is 0 Å². The highest BCUT2D eigenvalue weighted by Gasteiger charge is 2.14. The van der Waals surface area contributed by atoms with E-state index >= 15 is 0 Å². The lowest BCUT2D eigenvalue weighted by Gasteiger charge is -2.13. The lowest BCUT2D eigenvalue weighted by molar-refractivity contribution is 0.622. The summed E-state index contributed by atoms with van der Waals surface area (Å²) >= 11 is 1.47. The number of nitrogens with zero attached hydrogens (tertiary/aromatic N) is 3. The highest BCUT2D eigenvalue weighted by Crippen LogP contribution is 2.36. The fraction of sp³-hybridized carbons (Fsp3) is 0.0833. The van der Waals surface area contributed by atoms with E-state index in [4.69, 9.17) is 13.8 Å². The van der Waals surface area contributed by atoms with E-state index < -0.39 is 0 Å². The Balaban J connectivity index is 0.000000210. The molecule has 42 heavy (non-hydrogen) atoms. The van der Waals surface area contributed by atoms with E-state index in [0.717, 1.165) is 49.8 Å². The summed E-state index contributed by atoms with van der Waals surface area (Å²) in [5.74, 6) is 0.839. The fourth-order valence-corrected chi connectivity index (χ4v) is 5.37. The van der Waals surface area contributed by atoms with Gasteiger partial charge in [-0.05, 0) is 60.4 Å². The maximum atomic E-state index is 5.19. The molecule has 0 amide bonds. The van der Waals surface area contributed by atoms with Crippen LogP contribution < -0.4 is 3.79 Å². The molecule has 0 aliphatic heterocycles. The molecule has 3 heterocycles. The molecular weight excluding hydrogens is 528 g/mol. The molecule has 3 aromatic heterocycles. The second kappa shape index (κ2) is 13.4. The molecule has 6 heteroatoms. The predicted octanol–water partition coefficient (Wildman–Crippen LogP) is 8.37. The van der Waals surface area contributed by atoms with E-state index in [1.165, 1.54) is 45.7 Å². The van der Waals surface area contributed by atoms with Crippen molar-refractivity contribution in [3.05, 3.63) is 133 Å². The van der Waals surface area contributed by atoms with Gasteiger partial charge in [-0.25, -0.2) is 0 Å². The molecule has 0 aliphatic rings.